The highest BCUT2D eigenvalue weighted by Gasteiger charge is 2.15. The van der Waals surface area contributed by atoms with Gasteiger partial charge in [0, 0.05) is 22.3 Å². The molecule has 2 aromatic carbocycles. The molecule has 0 saturated heterocycles. The molecule has 0 unspecified atom stereocenters. The Morgan fingerprint density at radius 3 is 2.09 bits per heavy atom. The van der Waals surface area contributed by atoms with Crippen LogP contribution in [-0.4, -0.2) is 11.1 Å². The van der Waals surface area contributed by atoms with Crippen molar-refractivity contribution in [2.24, 2.45) is 0 Å². The number of thiophene rings is 1. The minimum atomic E-state index is -1.27. The number of nitrogens with zero attached hydrogens (tertiary/aromatic N) is 4. The van der Waals surface area contributed by atoms with Crippen LogP contribution in [0.1, 0.15) is 16.0 Å². The van der Waals surface area contributed by atoms with E-state index in [0.717, 1.165) is 27.5 Å². The number of benzene rings is 2. The third kappa shape index (κ3) is 5.83. The van der Waals surface area contributed by atoms with E-state index in [4.69, 9.17) is 22.2 Å². The van der Waals surface area contributed by atoms with Gasteiger partial charge in [-0.05, 0) is 59.7 Å². The third-order valence-electron chi connectivity index (χ3n) is 4.46. The zero-order valence-electron chi connectivity index (χ0n) is 17.2. The van der Waals surface area contributed by atoms with Gasteiger partial charge in [-0.2, -0.15) is 10.5 Å². The van der Waals surface area contributed by atoms with E-state index in [1.165, 1.54) is 29.7 Å². The first kappa shape index (κ1) is 22.8. The smallest absolute Gasteiger partial charge is 0.346 e. The SMILES string of the molecule is [C-]#[N+]C=Cc1ccc(N(c2ccc(C=CC#N)cc2)c2ccc(C=C(C#N)C(=O)O)s2)cc1. The molecule has 7 heteroatoms. The zero-order chi connectivity index (χ0) is 23.6. The van der Waals surface area contributed by atoms with Crippen molar-refractivity contribution >= 4 is 51.9 Å². The summed E-state index contributed by atoms with van der Waals surface area (Å²) in [7, 11) is 0. The number of anilines is 3. The molecule has 0 radical (unpaired) electrons. The molecule has 3 rings (SSSR count). The average molecular weight is 449 g/mol. The van der Waals surface area contributed by atoms with Crippen LogP contribution in [0.3, 0.4) is 0 Å². The predicted octanol–water partition coefficient (Wildman–Crippen LogP) is 6.64. The van der Waals surface area contributed by atoms with Gasteiger partial charge >= 0.3 is 5.97 Å². The van der Waals surface area contributed by atoms with Crippen molar-refractivity contribution in [3.8, 4) is 12.1 Å². The molecule has 1 aromatic heterocycles. The van der Waals surface area contributed by atoms with Crippen molar-refractivity contribution in [1.82, 2.24) is 0 Å². The van der Waals surface area contributed by atoms with Gasteiger partial charge in [-0.25, -0.2) is 9.64 Å². The number of rotatable bonds is 7. The highest BCUT2D eigenvalue weighted by Crippen LogP contribution is 2.39. The molecule has 158 valence electrons. The summed E-state index contributed by atoms with van der Waals surface area (Å²) in [5, 5.41) is 27.7. The Morgan fingerprint density at radius 1 is 0.970 bits per heavy atom. The molecule has 0 aliphatic carbocycles. The number of aliphatic carboxylic acids is 1. The molecule has 0 amide bonds. The summed E-state index contributed by atoms with van der Waals surface area (Å²) >= 11 is 1.35. The van der Waals surface area contributed by atoms with Gasteiger partial charge in [0.05, 0.1) is 12.6 Å². The van der Waals surface area contributed by atoms with Crippen molar-refractivity contribution < 1.29 is 9.90 Å². The molecule has 33 heavy (non-hydrogen) atoms. The van der Waals surface area contributed by atoms with Crippen molar-refractivity contribution in [3.05, 3.63) is 106 Å². The van der Waals surface area contributed by atoms with E-state index in [1.807, 2.05) is 65.6 Å². The summed E-state index contributed by atoms with van der Waals surface area (Å²) < 4.78 is 0. The Hall–Kier alpha value is -4.90. The van der Waals surface area contributed by atoms with Gasteiger partial charge in [0.25, 0.3) is 0 Å². The molecule has 1 heterocycles. The maximum absolute atomic E-state index is 11.2. The van der Waals surface area contributed by atoms with E-state index in [9.17, 15) is 4.79 Å². The maximum atomic E-state index is 11.2. The quantitative estimate of drug-likeness (QED) is 0.249. The second-order valence-corrected chi connectivity index (χ2v) is 7.67. The third-order valence-corrected chi connectivity index (χ3v) is 5.48. The number of carboxylic acids is 1. The van der Waals surface area contributed by atoms with Crippen molar-refractivity contribution in [2.75, 3.05) is 4.90 Å². The second-order valence-electron chi connectivity index (χ2n) is 6.58. The van der Waals surface area contributed by atoms with Crippen LogP contribution in [-0.2, 0) is 4.79 Å². The minimum Gasteiger partial charge on any atom is -0.477 e. The van der Waals surface area contributed by atoms with Gasteiger partial charge in [-0.3, -0.25) is 0 Å². The topological polar surface area (TPSA) is 92.5 Å². The van der Waals surface area contributed by atoms with Crippen molar-refractivity contribution in [1.29, 1.82) is 10.5 Å². The summed E-state index contributed by atoms with van der Waals surface area (Å²) in [6.45, 7) is 6.88. The normalized spacial score (nSPS) is 11.1. The molecule has 6 nitrogen and oxygen atoms in total. The fourth-order valence-corrected chi connectivity index (χ4v) is 3.95. The molecule has 0 bridgehead atoms. The molecule has 0 aliphatic heterocycles. The summed E-state index contributed by atoms with van der Waals surface area (Å²) in [5.41, 5.74) is 3.17. The standard InChI is InChI=1S/C26H16N4O2S/c1-29-16-14-20-6-10-23(11-7-20)30(22-8-4-19(5-9-22)3-2-15-27)25-13-12-24(33-25)17-21(18-28)26(31)32/h2-14,16-17H,(H,31,32). The van der Waals surface area contributed by atoms with E-state index in [1.54, 1.807) is 24.3 Å². The number of allylic oxidation sites excluding steroid dienone is 1. The van der Waals surface area contributed by atoms with Crippen molar-refractivity contribution in [2.45, 2.75) is 0 Å². The van der Waals surface area contributed by atoms with E-state index in [0.29, 0.717) is 4.88 Å². The first-order valence-electron chi connectivity index (χ1n) is 9.60. The monoisotopic (exact) mass is 448 g/mol. The van der Waals surface area contributed by atoms with E-state index in [2.05, 4.69) is 4.85 Å². The highest BCUT2D eigenvalue weighted by atomic mass is 32.1. The Bertz CT molecular complexity index is 1290. The number of carboxylic acid groups (broad SMARTS) is 1. The highest BCUT2D eigenvalue weighted by molar-refractivity contribution is 7.17. The molecule has 0 atom stereocenters. The zero-order valence-corrected chi connectivity index (χ0v) is 18.0. The molecule has 0 spiro atoms. The first-order chi connectivity index (χ1) is 16.0. The van der Waals surface area contributed by atoms with Gasteiger partial charge < -0.3 is 10.0 Å². The van der Waals surface area contributed by atoms with Crippen molar-refractivity contribution in [3.63, 3.8) is 0 Å². The minimum absolute atomic E-state index is 0.334. The van der Waals surface area contributed by atoms with Gasteiger partial charge in [-0.1, -0.05) is 30.3 Å². The fourth-order valence-electron chi connectivity index (χ4n) is 2.95. The lowest BCUT2D eigenvalue weighted by Gasteiger charge is -2.24. The number of nitriles is 2. The number of hydrogen-bond donors (Lipinski definition) is 1. The lowest BCUT2D eigenvalue weighted by molar-refractivity contribution is -0.132. The number of carbonyl (C=O) groups is 1. The van der Waals surface area contributed by atoms with Crippen LogP contribution in [0, 0.1) is 29.2 Å². The molecular weight excluding hydrogens is 432 g/mol. The Kier molecular flexibility index (Phi) is 7.54. The largest absolute Gasteiger partial charge is 0.477 e. The van der Waals surface area contributed by atoms with Crippen LogP contribution >= 0.6 is 11.3 Å². The van der Waals surface area contributed by atoms with Gasteiger partial charge in [0.15, 0.2) is 6.20 Å². The maximum Gasteiger partial charge on any atom is 0.346 e. The summed E-state index contributed by atoms with van der Waals surface area (Å²) in [6.07, 6.45) is 7.60. The van der Waals surface area contributed by atoms with E-state index >= 15 is 0 Å². The fraction of sp³-hybridized carbons (Fsp3) is 0. The van der Waals surface area contributed by atoms with E-state index < -0.39 is 5.97 Å². The van der Waals surface area contributed by atoms with Crippen LogP contribution in [0.25, 0.3) is 23.1 Å². The number of hydrogen-bond acceptors (Lipinski definition) is 5. The second kappa shape index (κ2) is 10.9. The van der Waals surface area contributed by atoms with Crippen LogP contribution in [0.4, 0.5) is 16.4 Å². The molecule has 0 aliphatic rings. The average Bonchev–Trinajstić information content (AvgIpc) is 3.29. The summed E-state index contributed by atoms with van der Waals surface area (Å²) in [6, 6.07) is 22.6. The van der Waals surface area contributed by atoms with Gasteiger partial charge in [0.2, 0.25) is 0 Å². The molecular formula is C26H16N4O2S. The lowest BCUT2D eigenvalue weighted by atomic mass is 10.1. The Balaban J connectivity index is 2.05. The lowest BCUT2D eigenvalue weighted by Crippen LogP contribution is -2.08. The van der Waals surface area contributed by atoms with Crippen LogP contribution in [0.15, 0.2) is 78.5 Å². The predicted molar refractivity (Wildman–Crippen MR) is 131 cm³/mol. The van der Waals surface area contributed by atoms with Crippen LogP contribution in [0.5, 0.6) is 0 Å². The molecule has 0 fully saturated rings. The summed E-state index contributed by atoms with van der Waals surface area (Å²) in [4.78, 5) is 17.1. The van der Waals surface area contributed by atoms with Gasteiger partial charge in [-0.15, -0.1) is 11.3 Å². The Morgan fingerprint density at radius 2 is 1.58 bits per heavy atom. The van der Waals surface area contributed by atoms with Gasteiger partial charge in [0.1, 0.15) is 16.6 Å². The first-order valence-corrected chi connectivity index (χ1v) is 10.4. The summed E-state index contributed by atoms with van der Waals surface area (Å²) in [5.74, 6) is -1.27. The molecule has 3 aromatic rings. The van der Waals surface area contributed by atoms with Crippen LogP contribution < -0.4 is 4.90 Å². The molecule has 1 N–H and O–H groups in total. The Labute approximate surface area is 195 Å². The molecule has 0 saturated carbocycles. The van der Waals surface area contributed by atoms with Crippen LogP contribution in [0.2, 0.25) is 0 Å². The van der Waals surface area contributed by atoms with E-state index in [-0.39, 0.29) is 5.57 Å².